The lowest BCUT2D eigenvalue weighted by Gasteiger charge is -2.05. The summed E-state index contributed by atoms with van der Waals surface area (Å²) in [5.74, 6) is 0. The van der Waals surface area contributed by atoms with Crippen molar-refractivity contribution in [3.63, 3.8) is 0 Å². The van der Waals surface area contributed by atoms with E-state index in [9.17, 15) is 0 Å². The number of hydrogen-bond donors (Lipinski definition) is 2. The standard InChI is InChI=1S/C12H11N5S/c13-12(18)17-16-11(9-5-1-3-7-14-9)10-6-2-4-8-15-10/h1-8H,(H3,13,17,18). The van der Waals surface area contributed by atoms with Crippen molar-refractivity contribution >= 4 is 23.0 Å². The second-order valence-corrected chi connectivity index (χ2v) is 3.81. The Hall–Kier alpha value is -2.34. The summed E-state index contributed by atoms with van der Waals surface area (Å²) in [6.07, 6.45) is 3.38. The summed E-state index contributed by atoms with van der Waals surface area (Å²) in [6.45, 7) is 0. The van der Waals surface area contributed by atoms with E-state index in [0.717, 1.165) is 0 Å². The zero-order valence-electron chi connectivity index (χ0n) is 9.45. The van der Waals surface area contributed by atoms with Crippen LogP contribution in [0.3, 0.4) is 0 Å². The van der Waals surface area contributed by atoms with Crippen LogP contribution in [0.25, 0.3) is 0 Å². The predicted octanol–water partition coefficient (Wildman–Crippen LogP) is 1.06. The van der Waals surface area contributed by atoms with Crippen LogP contribution in [0.5, 0.6) is 0 Å². The Bertz CT molecular complexity index is 512. The summed E-state index contributed by atoms with van der Waals surface area (Å²) >= 11 is 4.73. The highest BCUT2D eigenvalue weighted by molar-refractivity contribution is 7.80. The summed E-state index contributed by atoms with van der Waals surface area (Å²) in [4.78, 5) is 8.48. The van der Waals surface area contributed by atoms with E-state index < -0.39 is 0 Å². The first-order valence-electron chi connectivity index (χ1n) is 5.23. The molecule has 2 rings (SSSR count). The van der Waals surface area contributed by atoms with Gasteiger partial charge in [-0.1, -0.05) is 12.1 Å². The molecule has 6 heteroatoms. The topological polar surface area (TPSA) is 76.2 Å². The van der Waals surface area contributed by atoms with Crippen molar-refractivity contribution < 1.29 is 0 Å². The lowest BCUT2D eigenvalue weighted by molar-refractivity contribution is 1.02. The molecule has 0 atom stereocenters. The normalized spacial score (nSPS) is 9.56. The number of aromatic nitrogens is 2. The maximum atomic E-state index is 5.37. The van der Waals surface area contributed by atoms with Gasteiger partial charge in [0.25, 0.3) is 0 Å². The lowest BCUT2D eigenvalue weighted by atomic mass is 10.1. The third kappa shape index (κ3) is 3.08. The monoisotopic (exact) mass is 257 g/mol. The fourth-order valence-corrected chi connectivity index (χ4v) is 1.41. The Morgan fingerprint density at radius 3 is 2.00 bits per heavy atom. The van der Waals surface area contributed by atoms with Gasteiger partial charge in [-0.15, -0.1) is 0 Å². The number of nitrogens with two attached hydrogens (primary N) is 1. The van der Waals surface area contributed by atoms with Gasteiger partial charge in [0, 0.05) is 12.4 Å². The van der Waals surface area contributed by atoms with Gasteiger partial charge >= 0.3 is 0 Å². The first kappa shape index (κ1) is 12.1. The fourth-order valence-electron chi connectivity index (χ4n) is 1.36. The van der Waals surface area contributed by atoms with Gasteiger partial charge < -0.3 is 5.73 Å². The minimum absolute atomic E-state index is 0.0966. The molecule has 3 N–H and O–H groups in total. The number of pyridine rings is 2. The summed E-state index contributed by atoms with van der Waals surface area (Å²) in [5.41, 5.74) is 9.90. The molecule has 0 fully saturated rings. The molecule has 0 aliphatic rings. The van der Waals surface area contributed by atoms with E-state index >= 15 is 0 Å². The van der Waals surface area contributed by atoms with Crippen LogP contribution in [-0.4, -0.2) is 20.8 Å². The second kappa shape index (κ2) is 5.83. The van der Waals surface area contributed by atoms with Gasteiger partial charge in [0.05, 0.1) is 11.4 Å². The highest BCUT2D eigenvalue weighted by atomic mass is 32.1. The molecule has 0 amide bonds. The van der Waals surface area contributed by atoms with E-state index in [2.05, 4.69) is 20.5 Å². The van der Waals surface area contributed by atoms with Gasteiger partial charge in [0.2, 0.25) is 0 Å². The Labute approximate surface area is 110 Å². The van der Waals surface area contributed by atoms with Crippen LogP contribution in [0.1, 0.15) is 11.4 Å². The number of hydrogen-bond acceptors (Lipinski definition) is 4. The first-order valence-corrected chi connectivity index (χ1v) is 5.64. The molecule has 2 aromatic rings. The van der Waals surface area contributed by atoms with E-state index in [1.54, 1.807) is 12.4 Å². The molecule has 0 radical (unpaired) electrons. The first-order chi connectivity index (χ1) is 8.77. The molecule has 2 aromatic heterocycles. The molecule has 90 valence electrons. The van der Waals surface area contributed by atoms with Crippen molar-refractivity contribution in [1.82, 2.24) is 15.4 Å². The molecular weight excluding hydrogens is 246 g/mol. The average molecular weight is 257 g/mol. The van der Waals surface area contributed by atoms with Gasteiger partial charge in [0.15, 0.2) is 5.11 Å². The summed E-state index contributed by atoms with van der Waals surface area (Å²) in [6, 6.07) is 11.1. The smallest absolute Gasteiger partial charge is 0.184 e. The molecular formula is C12H11N5S. The van der Waals surface area contributed by atoms with Crippen LogP contribution in [0.2, 0.25) is 0 Å². The number of hydrazone groups is 1. The molecule has 0 unspecified atom stereocenters. The van der Waals surface area contributed by atoms with Gasteiger partial charge in [0.1, 0.15) is 5.71 Å². The number of nitrogens with one attached hydrogen (secondary N) is 1. The minimum Gasteiger partial charge on any atom is -0.375 e. The van der Waals surface area contributed by atoms with Crippen molar-refractivity contribution in [2.45, 2.75) is 0 Å². The van der Waals surface area contributed by atoms with Crippen molar-refractivity contribution in [1.29, 1.82) is 0 Å². The molecule has 0 aromatic carbocycles. The van der Waals surface area contributed by atoms with E-state index in [1.165, 1.54) is 0 Å². The Morgan fingerprint density at radius 1 is 1.06 bits per heavy atom. The fraction of sp³-hybridized carbons (Fsp3) is 0. The largest absolute Gasteiger partial charge is 0.375 e. The van der Waals surface area contributed by atoms with Gasteiger partial charge in [-0.25, -0.2) is 0 Å². The van der Waals surface area contributed by atoms with Crippen LogP contribution in [0, 0.1) is 0 Å². The average Bonchev–Trinajstić information content (AvgIpc) is 2.41. The van der Waals surface area contributed by atoms with Crippen LogP contribution in [0.15, 0.2) is 53.9 Å². The molecule has 18 heavy (non-hydrogen) atoms. The third-order valence-corrected chi connectivity index (χ3v) is 2.18. The van der Waals surface area contributed by atoms with Crippen LogP contribution >= 0.6 is 12.2 Å². The second-order valence-electron chi connectivity index (χ2n) is 3.37. The zero-order chi connectivity index (χ0) is 12.8. The molecule has 0 saturated heterocycles. The maximum absolute atomic E-state index is 5.37. The molecule has 0 bridgehead atoms. The molecule has 0 spiro atoms. The summed E-state index contributed by atoms with van der Waals surface area (Å²) in [5, 5.41) is 4.24. The van der Waals surface area contributed by atoms with Crippen molar-refractivity contribution in [2.24, 2.45) is 10.8 Å². The quantitative estimate of drug-likeness (QED) is 0.488. The molecule has 0 aliphatic carbocycles. The number of nitrogens with zero attached hydrogens (tertiary/aromatic N) is 3. The van der Waals surface area contributed by atoms with Crippen LogP contribution in [-0.2, 0) is 0 Å². The van der Waals surface area contributed by atoms with E-state index in [1.807, 2.05) is 36.4 Å². The van der Waals surface area contributed by atoms with E-state index in [0.29, 0.717) is 17.1 Å². The Morgan fingerprint density at radius 2 is 1.61 bits per heavy atom. The Balaban J connectivity index is 2.42. The SMILES string of the molecule is NC(=S)NN=C(c1ccccn1)c1ccccn1. The predicted molar refractivity (Wildman–Crippen MR) is 74.0 cm³/mol. The van der Waals surface area contributed by atoms with Crippen LogP contribution in [0.4, 0.5) is 0 Å². The number of thiocarbonyl (C=S) groups is 1. The van der Waals surface area contributed by atoms with Crippen molar-refractivity contribution in [2.75, 3.05) is 0 Å². The summed E-state index contributed by atoms with van der Waals surface area (Å²) in [7, 11) is 0. The highest BCUT2D eigenvalue weighted by Crippen LogP contribution is 2.05. The third-order valence-electron chi connectivity index (χ3n) is 2.09. The molecule has 0 aliphatic heterocycles. The molecule has 0 saturated carbocycles. The number of rotatable bonds is 3. The Kier molecular flexibility index (Phi) is 3.93. The van der Waals surface area contributed by atoms with Gasteiger partial charge in [-0.3, -0.25) is 15.4 Å². The van der Waals surface area contributed by atoms with Crippen LogP contribution < -0.4 is 11.2 Å². The molecule has 5 nitrogen and oxygen atoms in total. The van der Waals surface area contributed by atoms with E-state index in [4.69, 9.17) is 18.0 Å². The highest BCUT2D eigenvalue weighted by Gasteiger charge is 2.09. The summed E-state index contributed by atoms with van der Waals surface area (Å²) < 4.78 is 0. The van der Waals surface area contributed by atoms with Crippen molar-refractivity contribution in [3.8, 4) is 0 Å². The van der Waals surface area contributed by atoms with Gasteiger partial charge in [-0.05, 0) is 36.5 Å². The lowest BCUT2D eigenvalue weighted by Crippen LogP contribution is -2.26. The maximum Gasteiger partial charge on any atom is 0.184 e. The zero-order valence-corrected chi connectivity index (χ0v) is 10.3. The molecule has 2 heterocycles. The van der Waals surface area contributed by atoms with E-state index in [-0.39, 0.29) is 5.11 Å². The van der Waals surface area contributed by atoms with Gasteiger partial charge in [-0.2, -0.15) is 5.10 Å². The van der Waals surface area contributed by atoms with Crippen molar-refractivity contribution in [3.05, 3.63) is 60.2 Å². The minimum atomic E-state index is 0.0966.